The Morgan fingerprint density at radius 3 is 2.57 bits per heavy atom. The minimum absolute atomic E-state index is 0.141. The Morgan fingerprint density at radius 1 is 1.35 bits per heavy atom. The third kappa shape index (κ3) is 4.42. The van der Waals surface area contributed by atoms with Gasteiger partial charge < -0.3 is 0 Å². The molecule has 0 aliphatic heterocycles. The van der Waals surface area contributed by atoms with Gasteiger partial charge in [0.05, 0.1) is 11.9 Å². The lowest BCUT2D eigenvalue weighted by atomic mass is 9.93. The Kier molecular flexibility index (Phi) is 4.95. The number of thioether (sulfide) groups is 1. The van der Waals surface area contributed by atoms with E-state index in [0.29, 0.717) is 10.6 Å². The van der Waals surface area contributed by atoms with Crippen LogP contribution in [0.3, 0.4) is 0 Å². The second-order valence-electron chi connectivity index (χ2n) is 5.17. The fraction of sp³-hybridized carbons (Fsp3) is 0.267. The number of hydrogen-bond donors (Lipinski definition) is 1. The number of nitrogens with one attached hydrogen (secondary N) is 1. The lowest BCUT2D eigenvalue weighted by Gasteiger charge is -2.22. The lowest BCUT2D eigenvalue weighted by Crippen LogP contribution is -2.31. The average molecular weight is 359 g/mol. The van der Waals surface area contributed by atoms with E-state index < -0.39 is 33.7 Å². The van der Waals surface area contributed by atoms with Gasteiger partial charge in [-0.1, -0.05) is 23.9 Å². The lowest BCUT2D eigenvalue weighted by molar-refractivity contribution is -0.125. The molecule has 1 aromatic rings. The molecule has 1 unspecified atom stereocenters. The maximum absolute atomic E-state index is 14.1. The van der Waals surface area contributed by atoms with Crippen molar-refractivity contribution in [1.29, 1.82) is 0 Å². The van der Waals surface area contributed by atoms with Crippen molar-refractivity contribution in [3.8, 4) is 0 Å². The number of Topliss-reactive ketones (excluding diaryl/α,β-unsaturated/α-hetero) is 1. The van der Waals surface area contributed by atoms with Crippen LogP contribution in [-0.2, 0) is 14.8 Å². The van der Waals surface area contributed by atoms with E-state index in [4.69, 9.17) is 0 Å². The number of rotatable bonds is 5. The largest absolute Gasteiger partial charge is 0.296 e. The molecule has 0 aromatic heterocycles. The molecule has 1 aliphatic rings. The molecule has 1 aliphatic carbocycles. The van der Waals surface area contributed by atoms with Gasteiger partial charge in [0.25, 0.3) is 0 Å². The average Bonchev–Trinajstić information content (AvgIpc) is 2.42. The molecule has 2 rings (SSSR count). The number of benzene rings is 1. The fourth-order valence-corrected chi connectivity index (χ4v) is 3.53. The molecule has 23 heavy (non-hydrogen) atoms. The molecule has 8 heteroatoms. The number of sulfonamides is 1. The number of alkyl halides is 1. The molecule has 0 fully saturated rings. The van der Waals surface area contributed by atoms with Crippen LogP contribution < -0.4 is 4.72 Å². The summed E-state index contributed by atoms with van der Waals surface area (Å²) >= 11 is 0.965. The Balaban J connectivity index is 2.28. The smallest absolute Gasteiger partial charge is 0.229 e. The maximum Gasteiger partial charge on any atom is 0.229 e. The van der Waals surface area contributed by atoms with E-state index in [9.17, 15) is 22.0 Å². The molecule has 0 amide bonds. The highest BCUT2D eigenvalue weighted by atomic mass is 32.2. The third-order valence-electron chi connectivity index (χ3n) is 3.17. The van der Waals surface area contributed by atoms with E-state index in [-0.39, 0.29) is 4.91 Å². The van der Waals surface area contributed by atoms with Crippen LogP contribution in [0.2, 0.25) is 0 Å². The second kappa shape index (κ2) is 6.45. The first-order valence-electron chi connectivity index (χ1n) is 6.63. The summed E-state index contributed by atoms with van der Waals surface area (Å²) in [5, 5.41) is 0. The van der Waals surface area contributed by atoms with Crippen molar-refractivity contribution >= 4 is 33.3 Å². The van der Waals surface area contributed by atoms with Crippen molar-refractivity contribution in [3.63, 3.8) is 0 Å². The minimum Gasteiger partial charge on any atom is -0.296 e. The maximum atomic E-state index is 14.1. The van der Waals surface area contributed by atoms with Crippen LogP contribution in [0.25, 0.3) is 0 Å². The van der Waals surface area contributed by atoms with Crippen molar-refractivity contribution in [1.82, 2.24) is 0 Å². The summed E-state index contributed by atoms with van der Waals surface area (Å²) in [6, 6.07) is 6.48. The number of carbonyl (C=O) groups is 1. The van der Waals surface area contributed by atoms with Crippen LogP contribution in [0.15, 0.2) is 52.0 Å². The zero-order valence-corrected chi connectivity index (χ0v) is 14.1. The van der Waals surface area contributed by atoms with Crippen LogP contribution in [-0.4, -0.2) is 26.1 Å². The molecule has 0 bridgehead atoms. The van der Waals surface area contributed by atoms with E-state index in [1.54, 1.807) is 24.3 Å². The Hall–Kier alpha value is -1.67. The van der Waals surface area contributed by atoms with Crippen LogP contribution in [0.5, 0.6) is 0 Å². The minimum atomic E-state index is -3.48. The molecule has 0 radical (unpaired) electrons. The Bertz CT molecular complexity index is 803. The van der Waals surface area contributed by atoms with Gasteiger partial charge in [-0.3, -0.25) is 9.52 Å². The normalized spacial score (nSPS) is 21.4. The molecule has 0 heterocycles. The highest BCUT2D eigenvalue weighted by Gasteiger charge is 2.37. The molecule has 124 valence electrons. The monoisotopic (exact) mass is 359 g/mol. The predicted octanol–water partition coefficient (Wildman–Crippen LogP) is 3.59. The first kappa shape index (κ1) is 17.7. The molecule has 1 atom stereocenters. The molecule has 1 aromatic carbocycles. The topological polar surface area (TPSA) is 63.2 Å². The quantitative estimate of drug-likeness (QED) is 0.873. The summed E-state index contributed by atoms with van der Waals surface area (Å²) < 4.78 is 53.4. The van der Waals surface area contributed by atoms with Gasteiger partial charge in [-0.15, -0.1) is 0 Å². The zero-order valence-electron chi connectivity index (χ0n) is 12.5. The van der Waals surface area contributed by atoms with Gasteiger partial charge in [-0.2, -0.15) is 0 Å². The van der Waals surface area contributed by atoms with E-state index >= 15 is 0 Å². The Labute approximate surface area is 137 Å². The van der Waals surface area contributed by atoms with E-state index in [1.807, 2.05) is 0 Å². The van der Waals surface area contributed by atoms with Gasteiger partial charge in [0.1, 0.15) is 5.83 Å². The summed E-state index contributed by atoms with van der Waals surface area (Å²) in [4.78, 5) is 11.9. The highest BCUT2D eigenvalue weighted by Crippen LogP contribution is 2.41. The third-order valence-corrected chi connectivity index (χ3v) is 4.91. The summed E-state index contributed by atoms with van der Waals surface area (Å²) in [6.07, 6.45) is 2.61. The molecule has 0 saturated carbocycles. The molecule has 0 spiro atoms. The number of hydrogen-bond acceptors (Lipinski definition) is 4. The van der Waals surface area contributed by atoms with Crippen molar-refractivity contribution in [2.75, 3.05) is 11.0 Å². The van der Waals surface area contributed by atoms with Gasteiger partial charge in [-0.25, -0.2) is 17.2 Å². The van der Waals surface area contributed by atoms with Gasteiger partial charge in [-0.05, 0) is 31.2 Å². The van der Waals surface area contributed by atoms with E-state index in [0.717, 1.165) is 31.0 Å². The molecular formula is C15H15F2NO3S2. The second-order valence-corrected chi connectivity index (χ2v) is 8.00. The van der Waals surface area contributed by atoms with Gasteiger partial charge >= 0.3 is 0 Å². The molecular weight excluding hydrogens is 344 g/mol. The predicted molar refractivity (Wildman–Crippen MR) is 87.2 cm³/mol. The summed E-state index contributed by atoms with van der Waals surface area (Å²) in [7, 11) is -3.48. The summed E-state index contributed by atoms with van der Waals surface area (Å²) in [5.41, 5.74) is -2.02. The van der Waals surface area contributed by atoms with Crippen molar-refractivity contribution in [3.05, 3.63) is 47.1 Å². The number of ketones is 1. The zero-order chi connectivity index (χ0) is 17.3. The van der Waals surface area contributed by atoms with E-state index in [2.05, 4.69) is 4.72 Å². The van der Waals surface area contributed by atoms with Crippen LogP contribution in [0, 0.1) is 0 Å². The van der Waals surface area contributed by atoms with E-state index in [1.165, 1.54) is 6.08 Å². The summed E-state index contributed by atoms with van der Waals surface area (Å²) in [6.45, 7) is 1.07. The first-order chi connectivity index (χ1) is 10.6. The van der Waals surface area contributed by atoms with Crippen LogP contribution in [0.4, 0.5) is 14.5 Å². The van der Waals surface area contributed by atoms with Crippen LogP contribution >= 0.6 is 11.8 Å². The molecule has 1 N–H and O–H groups in total. The summed E-state index contributed by atoms with van der Waals surface area (Å²) in [5.74, 6) is -1.50. The Morgan fingerprint density at radius 2 is 2.00 bits per heavy atom. The number of para-hydroxylation sites is 1. The van der Waals surface area contributed by atoms with Crippen molar-refractivity contribution in [2.24, 2.45) is 0 Å². The van der Waals surface area contributed by atoms with Crippen molar-refractivity contribution < 1.29 is 22.0 Å². The highest BCUT2D eigenvalue weighted by molar-refractivity contribution is 8.03. The van der Waals surface area contributed by atoms with Gasteiger partial charge in [0.2, 0.25) is 10.0 Å². The number of allylic oxidation sites excluding steroid dienone is 3. The van der Waals surface area contributed by atoms with Crippen LogP contribution in [0.1, 0.15) is 13.3 Å². The van der Waals surface area contributed by atoms with Gasteiger partial charge in [0.15, 0.2) is 11.5 Å². The molecule has 4 nitrogen and oxygen atoms in total. The number of anilines is 1. The first-order valence-corrected chi connectivity index (χ1v) is 9.34. The SMILES string of the molecule is CC(=O)C1(F)C=CC(Sc2ccccc2NS(C)(=O)=O)=C(F)C1. The standard InChI is InChI=1S/C15H15F2NO3S2/c1-10(19)15(17)8-7-13(11(16)9-15)22-14-6-4-3-5-12(14)18-23(2,20)21/h3-8,18H,9H2,1-2H3. The van der Waals surface area contributed by atoms with Gasteiger partial charge in [0, 0.05) is 16.2 Å². The number of carbonyl (C=O) groups excluding carboxylic acids is 1. The fourth-order valence-electron chi connectivity index (χ4n) is 1.96. The van der Waals surface area contributed by atoms with Crippen molar-refractivity contribution in [2.45, 2.75) is 23.9 Å². The number of halogens is 2. The molecule has 0 saturated heterocycles.